The first kappa shape index (κ1) is 11.8. The molecule has 15 heavy (non-hydrogen) atoms. The molecule has 84 valence electrons. The third-order valence-electron chi connectivity index (χ3n) is 2.02. The summed E-state index contributed by atoms with van der Waals surface area (Å²) in [6, 6.07) is 4.62. The van der Waals surface area contributed by atoms with Crippen LogP contribution in [0.5, 0.6) is 5.75 Å². The normalized spacial score (nSPS) is 11.1. The molecule has 0 saturated heterocycles. The van der Waals surface area contributed by atoms with E-state index in [2.05, 4.69) is 10.0 Å². The van der Waals surface area contributed by atoms with Crippen molar-refractivity contribution in [1.29, 1.82) is 0 Å². The van der Waals surface area contributed by atoms with Gasteiger partial charge in [0.25, 0.3) is 0 Å². The first-order valence-electron chi connectivity index (χ1n) is 4.34. The van der Waals surface area contributed by atoms with Crippen molar-refractivity contribution in [3.8, 4) is 5.75 Å². The maximum absolute atomic E-state index is 11.5. The highest BCUT2D eigenvalue weighted by Gasteiger charge is 2.13. The van der Waals surface area contributed by atoms with Gasteiger partial charge >= 0.3 is 0 Å². The lowest BCUT2D eigenvalue weighted by molar-refractivity contribution is 0.416. The average molecular weight is 230 g/mol. The maximum atomic E-state index is 11.5. The molecule has 0 heterocycles. The Kier molecular flexibility index (Phi) is 3.54. The Morgan fingerprint density at radius 1 is 1.27 bits per heavy atom. The fraction of sp³-hybridized carbons (Fsp3) is 0.333. The Morgan fingerprint density at radius 2 is 1.93 bits per heavy atom. The Labute approximate surface area is 89.5 Å². The summed E-state index contributed by atoms with van der Waals surface area (Å²) < 4.78 is 30.3. The number of sulfonamides is 1. The molecule has 1 rings (SSSR count). The second kappa shape index (κ2) is 4.50. The van der Waals surface area contributed by atoms with Crippen LogP contribution in [0.25, 0.3) is 0 Å². The van der Waals surface area contributed by atoms with Crippen LogP contribution in [-0.2, 0) is 10.0 Å². The van der Waals surface area contributed by atoms with Gasteiger partial charge in [0.1, 0.15) is 5.75 Å². The van der Waals surface area contributed by atoms with E-state index in [1.165, 1.54) is 26.3 Å². The van der Waals surface area contributed by atoms with Crippen LogP contribution >= 0.6 is 0 Å². The van der Waals surface area contributed by atoms with Crippen LogP contribution in [0.4, 0.5) is 5.69 Å². The van der Waals surface area contributed by atoms with E-state index in [9.17, 15) is 8.42 Å². The summed E-state index contributed by atoms with van der Waals surface area (Å²) in [6.07, 6.45) is 0. The van der Waals surface area contributed by atoms with E-state index in [1.54, 1.807) is 13.1 Å². The van der Waals surface area contributed by atoms with Gasteiger partial charge in [0.2, 0.25) is 10.0 Å². The molecule has 0 unspecified atom stereocenters. The van der Waals surface area contributed by atoms with Crippen LogP contribution in [0, 0.1) is 0 Å². The molecule has 6 heteroatoms. The zero-order chi connectivity index (χ0) is 11.5. The summed E-state index contributed by atoms with van der Waals surface area (Å²) in [5.74, 6) is 0.604. The summed E-state index contributed by atoms with van der Waals surface area (Å²) in [5.41, 5.74) is 0.633. The van der Waals surface area contributed by atoms with Gasteiger partial charge in [-0.15, -0.1) is 0 Å². The molecule has 5 nitrogen and oxygen atoms in total. The van der Waals surface area contributed by atoms with Crippen molar-refractivity contribution in [2.45, 2.75) is 4.90 Å². The predicted octanol–water partition coefficient (Wildman–Crippen LogP) is 0.645. The van der Waals surface area contributed by atoms with Crippen molar-refractivity contribution in [3.05, 3.63) is 18.2 Å². The molecule has 0 radical (unpaired) electrons. The SMILES string of the molecule is CNc1cc(S(=O)(=O)NC)ccc1OC. The van der Waals surface area contributed by atoms with Crippen molar-refractivity contribution in [2.75, 3.05) is 26.5 Å². The molecule has 0 atom stereocenters. The molecule has 0 aliphatic carbocycles. The number of hydrogen-bond acceptors (Lipinski definition) is 4. The zero-order valence-corrected chi connectivity index (χ0v) is 9.68. The minimum Gasteiger partial charge on any atom is -0.495 e. The molecule has 1 aromatic carbocycles. The predicted molar refractivity (Wildman–Crippen MR) is 58.8 cm³/mol. The second-order valence-corrected chi connectivity index (χ2v) is 4.71. The maximum Gasteiger partial charge on any atom is 0.240 e. The van der Waals surface area contributed by atoms with E-state index >= 15 is 0 Å². The van der Waals surface area contributed by atoms with Gasteiger partial charge < -0.3 is 10.1 Å². The number of nitrogens with one attached hydrogen (secondary N) is 2. The van der Waals surface area contributed by atoms with Gasteiger partial charge in [0.15, 0.2) is 0 Å². The van der Waals surface area contributed by atoms with Crippen molar-refractivity contribution in [3.63, 3.8) is 0 Å². The molecule has 0 fully saturated rings. The molecule has 0 aliphatic rings. The molecule has 1 aromatic rings. The van der Waals surface area contributed by atoms with Gasteiger partial charge in [0.05, 0.1) is 17.7 Å². The van der Waals surface area contributed by atoms with E-state index in [4.69, 9.17) is 4.74 Å². The fourth-order valence-corrected chi connectivity index (χ4v) is 1.92. The Morgan fingerprint density at radius 3 is 2.40 bits per heavy atom. The van der Waals surface area contributed by atoms with E-state index in [-0.39, 0.29) is 4.90 Å². The lowest BCUT2D eigenvalue weighted by Crippen LogP contribution is -2.18. The van der Waals surface area contributed by atoms with E-state index < -0.39 is 10.0 Å². The summed E-state index contributed by atoms with van der Waals surface area (Å²) in [6.45, 7) is 0. The van der Waals surface area contributed by atoms with Crippen LogP contribution in [0.15, 0.2) is 23.1 Å². The van der Waals surface area contributed by atoms with E-state index in [0.717, 1.165) is 0 Å². The first-order valence-corrected chi connectivity index (χ1v) is 5.83. The molecule has 0 aromatic heterocycles. The van der Waals surface area contributed by atoms with Crippen LogP contribution < -0.4 is 14.8 Å². The number of methoxy groups -OCH3 is 1. The van der Waals surface area contributed by atoms with Crippen LogP contribution in [0.3, 0.4) is 0 Å². The van der Waals surface area contributed by atoms with Crippen molar-refractivity contribution in [1.82, 2.24) is 4.72 Å². The molecule has 0 bridgehead atoms. The molecular formula is C9H14N2O3S. The van der Waals surface area contributed by atoms with Gasteiger partial charge in [-0.25, -0.2) is 13.1 Å². The number of anilines is 1. The highest BCUT2D eigenvalue weighted by molar-refractivity contribution is 7.89. The molecule has 0 spiro atoms. The average Bonchev–Trinajstić information content (AvgIpc) is 2.28. The molecular weight excluding hydrogens is 216 g/mol. The minimum absolute atomic E-state index is 0.204. The van der Waals surface area contributed by atoms with Gasteiger partial charge in [0, 0.05) is 7.05 Å². The molecule has 2 N–H and O–H groups in total. The number of benzene rings is 1. The third kappa shape index (κ3) is 2.40. The summed E-state index contributed by atoms with van der Waals surface area (Å²) in [5, 5.41) is 2.87. The van der Waals surface area contributed by atoms with Gasteiger partial charge in [-0.05, 0) is 25.2 Å². The minimum atomic E-state index is -3.40. The summed E-state index contributed by atoms with van der Waals surface area (Å²) in [7, 11) is 1.20. The quantitative estimate of drug-likeness (QED) is 0.796. The topological polar surface area (TPSA) is 67.4 Å². The highest BCUT2D eigenvalue weighted by atomic mass is 32.2. The molecule has 0 amide bonds. The smallest absolute Gasteiger partial charge is 0.240 e. The summed E-state index contributed by atoms with van der Waals surface area (Å²) in [4.78, 5) is 0.204. The standard InChI is InChI=1S/C9H14N2O3S/c1-10-8-6-7(15(12,13)11-2)4-5-9(8)14-3/h4-6,10-11H,1-3H3. The lowest BCUT2D eigenvalue weighted by Gasteiger charge is -2.10. The zero-order valence-electron chi connectivity index (χ0n) is 8.87. The number of hydrogen-bond donors (Lipinski definition) is 2. The van der Waals surface area contributed by atoms with Crippen LogP contribution in [-0.4, -0.2) is 29.6 Å². The molecule has 0 aliphatic heterocycles. The van der Waals surface area contributed by atoms with Crippen LogP contribution in [0.2, 0.25) is 0 Å². The fourth-order valence-electron chi connectivity index (χ4n) is 1.17. The van der Waals surface area contributed by atoms with Crippen molar-refractivity contribution in [2.24, 2.45) is 0 Å². The van der Waals surface area contributed by atoms with Crippen molar-refractivity contribution >= 4 is 15.7 Å². The summed E-state index contributed by atoms with van der Waals surface area (Å²) >= 11 is 0. The number of ether oxygens (including phenoxy) is 1. The highest BCUT2D eigenvalue weighted by Crippen LogP contribution is 2.26. The Bertz CT molecular complexity index is 443. The largest absolute Gasteiger partial charge is 0.495 e. The van der Waals surface area contributed by atoms with Crippen LogP contribution in [0.1, 0.15) is 0 Å². The first-order chi connectivity index (χ1) is 7.05. The number of rotatable bonds is 4. The molecule has 0 saturated carbocycles. The second-order valence-electron chi connectivity index (χ2n) is 2.82. The van der Waals surface area contributed by atoms with E-state index in [0.29, 0.717) is 11.4 Å². The Hall–Kier alpha value is -1.27. The van der Waals surface area contributed by atoms with Gasteiger partial charge in [-0.1, -0.05) is 0 Å². The third-order valence-corrected chi connectivity index (χ3v) is 3.43. The van der Waals surface area contributed by atoms with Crippen molar-refractivity contribution < 1.29 is 13.2 Å². The Balaban J connectivity index is 3.26. The lowest BCUT2D eigenvalue weighted by atomic mass is 10.3. The monoisotopic (exact) mass is 230 g/mol. The van der Waals surface area contributed by atoms with Gasteiger partial charge in [-0.2, -0.15) is 0 Å². The van der Waals surface area contributed by atoms with E-state index in [1.807, 2.05) is 0 Å². The van der Waals surface area contributed by atoms with Gasteiger partial charge in [-0.3, -0.25) is 0 Å².